The topological polar surface area (TPSA) is 99.1 Å². The number of likely N-dealkylation sites (N-methyl/N-ethyl adjacent to an activating group) is 1. The average Bonchev–Trinajstić information content (AvgIpc) is 3.30. The maximum Gasteiger partial charge on any atom is 0.362 e. The molecule has 0 aliphatic carbocycles. The van der Waals surface area contributed by atoms with E-state index in [1.165, 1.54) is 0 Å². The standard InChI is InChI=1S/C60H93NO7/c1-6-8-10-12-14-16-18-20-22-24-26-28-29-31-33-35-37-39-41-43-45-47-49-51-59(63)68-56(54-66-53-52-57(60(64)65)61(3,4)5)55-67-58(62)50-48-46-44-42-40-38-36-34-32-30-27-25-23-21-19-17-15-13-11-9-7-2/h8-11,14-17,20-23,26-28,30-31,33-34,36-37,39-40,42,56-57H,6-7,12-13,18-19,24-25,29,32,35,38,41,43-55H2,1-5H3/p+1/b10-8+,11-9+,16-14+,17-15+,22-20+,23-21+,28-26+,30-27+,33-31+,36-34+,39-37+,42-40+. The van der Waals surface area contributed by atoms with Gasteiger partial charge in [-0.05, 0) is 116 Å². The Balaban J connectivity index is 4.43. The number of nitrogens with zero attached hydrogens (tertiary/aromatic N) is 1. The summed E-state index contributed by atoms with van der Waals surface area (Å²) < 4.78 is 17.3. The number of carboxylic acid groups (broad SMARTS) is 1. The number of allylic oxidation sites excluding steroid dienone is 24. The summed E-state index contributed by atoms with van der Waals surface area (Å²) in [5.41, 5.74) is 0. The van der Waals surface area contributed by atoms with E-state index < -0.39 is 18.1 Å². The monoisotopic (exact) mass is 941 g/mol. The minimum Gasteiger partial charge on any atom is -0.477 e. The van der Waals surface area contributed by atoms with Gasteiger partial charge in [0.25, 0.3) is 0 Å². The van der Waals surface area contributed by atoms with Crippen molar-refractivity contribution in [2.24, 2.45) is 0 Å². The van der Waals surface area contributed by atoms with Crippen LogP contribution in [0.3, 0.4) is 0 Å². The molecular formula is C60H94NO7+. The van der Waals surface area contributed by atoms with Crippen LogP contribution in [0, 0.1) is 0 Å². The van der Waals surface area contributed by atoms with Crippen LogP contribution < -0.4 is 0 Å². The molecular weight excluding hydrogens is 847 g/mol. The molecule has 2 atom stereocenters. The van der Waals surface area contributed by atoms with E-state index in [2.05, 4.69) is 160 Å². The highest BCUT2D eigenvalue weighted by Gasteiger charge is 2.31. The average molecular weight is 941 g/mol. The first-order valence-corrected chi connectivity index (χ1v) is 25.9. The van der Waals surface area contributed by atoms with Crippen LogP contribution in [-0.2, 0) is 28.6 Å². The summed E-state index contributed by atoms with van der Waals surface area (Å²) in [7, 11) is 5.49. The Morgan fingerprint density at radius 2 is 0.779 bits per heavy atom. The zero-order chi connectivity index (χ0) is 49.9. The van der Waals surface area contributed by atoms with Gasteiger partial charge in [0.1, 0.15) is 6.61 Å². The molecule has 0 spiro atoms. The number of unbranched alkanes of at least 4 members (excludes halogenated alkanes) is 6. The number of quaternary nitrogens is 1. The van der Waals surface area contributed by atoms with Crippen LogP contribution in [0.15, 0.2) is 146 Å². The van der Waals surface area contributed by atoms with Gasteiger partial charge in [0.05, 0.1) is 34.4 Å². The number of carbonyl (C=O) groups excluding carboxylic acids is 2. The lowest BCUT2D eigenvalue weighted by Crippen LogP contribution is -2.50. The molecule has 68 heavy (non-hydrogen) atoms. The second-order valence-corrected chi connectivity index (χ2v) is 17.7. The first-order chi connectivity index (χ1) is 33.1. The minimum atomic E-state index is -0.892. The number of rotatable bonds is 44. The second kappa shape index (κ2) is 48.7. The summed E-state index contributed by atoms with van der Waals surface area (Å²) in [5, 5.41) is 9.66. The third-order valence-corrected chi connectivity index (χ3v) is 10.5. The Kier molecular flexibility index (Phi) is 45.2. The summed E-state index contributed by atoms with van der Waals surface area (Å²) in [6.45, 7) is 4.41. The SMILES string of the molecule is CC/C=C/C/C=C/C/C=C/C/C=C/C/C=C/C/C=C/CCCCCCC(=O)OC(COCCC(C(=O)O)[N+](C)(C)C)COC(=O)CCCC/C=C/C/C=C/C/C=C/C/C=C/C/C=C/C/C=C/CC. The van der Waals surface area contributed by atoms with Gasteiger partial charge >= 0.3 is 17.9 Å². The van der Waals surface area contributed by atoms with E-state index in [1.54, 1.807) is 0 Å². The summed E-state index contributed by atoms with van der Waals surface area (Å²) in [4.78, 5) is 37.2. The van der Waals surface area contributed by atoms with Crippen LogP contribution in [0.5, 0.6) is 0 Å². The molecule has 0 fully saturated rings. The van der Waals surface area contributed by atoms with Crippen LogP contribution in [0.1, 0.15) is 162 Å². The molecule has 0 aliphatic rings. The van der Waals surface area contributed by atoms with Crippen molar-refractivity contribution in [1.82, 2.24) is 0 Å². The quantitative estimate of drug-likeness (QED) is 0.0281. The fourth-order valence-electron chi connectivity index (χ4n) is 6.57. The van der Waals surface area contributed by atoms with E-state index in [9.17, 15) is 19.5 Å². The Hall–Kier alpha value is -4.79. The smallest absolute Gasteiger partial charge is 0.362 e. The van der Waals surface area contributed by atoms with Crippen molar-refractivity contribution in [2.75, 3.05) is 41.0 Å². The van der Waals surface area contributed by atoms with E-state index in [4.69, 9.17) is 14.2 Å². The van der Waals surface area contributed by atoms with Crippen molar-refractivity contribution in [3.63, 3.8) is 0 Å². The third-order valence-electron chi connectivity index (χ3n) is 10.5. The van der Waals surface area contributed by atoms with Crippen LogP contribution >= 0.6 is 0 Å². The van der Waals surface area contributed by atoms with Gasteiger partial charge in [-0.15, -0.1) is 0 Å². The highest BCUT2D eigenvalue weighted by Crippen LogP contribution is 2.12. The molecule has 0 aliphatic heterocycles. The largest absolute Gasteiger partial charge is 0.477 e. The lowest BCUT2D eigenvalue weighted by atomic mass is 10.1. The van der Waals surface area contributed by atoms with E-state index >= 15 is 0 Å². The maximum absolute atomic E-state index is 12.8. The molecule has 8 heteroatoms. The summed E-state index contributed by atoms with van der Waals surface area (Å²) in [6.07, 6.45) is 71.9. The fourth-order valence-corrected chi connectivity index (χ4v) is 6.57. The number of hydrogen-bond donors (Lipinski definition) is 1. The molecule has 0 heterocycles. The second-order valence-electron chi connectivity index (χ2n) is 17.7. The number of carbonyl (C=O) groups is 3. The van der Waals surface area contributed by atoms with E-state index in [1.807, 2.05) is 21.1 Å². The van der Waals surface area contributed by atoms with E-state index in [0.717, 1.165) is 122 Å². The Morgan fingerprint density at radius 1 is 0.441 bits per heavy atom. The molecule has 8 nitrogen and oxygen atoms in total. The van der Waals surface area contributed by atoms with Crippen LogP contribution in [0.4, 0.5) is 0 Å². The molecule has 0 bridgehead atoms. The van der Waals surface area contributed by atoms with Crippen molar-refractivity contribution in [3.8, 4) is 0 Å². The highest BCUT2D eigenvalue weighted by molar-refractivity contribution is 5.72. The van der Waals surface area contributed by atoms with Crippen molar-refractivity contribution in [2.45, 2.75) is 174 Å². The number of ether oxygens (including phenoxy) is 3. The van der Waals surface area contributed by atoms with E-state index in [0.29, 0.717) is 12.8 Å². The first-order valence-electron chi connectivity index (χ1n) is 25.9. The molecule has 0 saturated heterocycles. The van der Waals surface area contributed by atoms with Crippen LogP contribution in [0.2, 0.25) is 0 Å². The van der Waals surface area contributed by atoms with Crippen molar-refractivity contribution < 1.29 is 38.2 Å². The zero-order valence-electron chi connectivity index (χ0n) is 43.2. The predicted octanol–water partition coefficient (Wildman–Crippen LogP) is 15.3. The Morgan fingerprint density at radius 3 is 1.16 bits per heavy atom. The number of aliphatic carboxylic acids is 1. The molecule has 0 radical (unpaired) electrons. The molecule has 0 amide bonds. The summed E-state index contributed by atoms with van der Waals surface area (Å²) >= 11 is 0. The van der Waals surface area contributed by atoms with E-state index in [-0.39, 0.29) is 49.1 Å². The number of carboxylic acids is 1. The molecule has 0 aromatic carbocycles. The maximum atomic E-state index is 12.8. The zero-order valence-corrected chi connectivity index (χ0v) is 43.2. The predicted molar refractivity (Wildman–Crippen MR) is 288 cm³/mol. The van der Waals surface area contributed by atoms with Crippen molar-refractivity contribution in [3.05, 3.63) is 146 Å². The Bertz CT molecular complexity index is 1610. The molecule has 1 N–H and O–H groups in total. The Labute approximate surface area is 415 Å². The van der Waals surface area contributed by atoms with Gasteiger partial charge < -0.3 is 23.8 Å². The molecule has 0 aromatic heterocycles. The lowest BCUT2D eigenvalue weighted by Gasteiger charge is -2.31. The molecule has 0 aromatic rings. The van der Waals surface area contributed by atoms with Crippen LogP contribution in [0.25, 0.3) is 0 Å². The van der Waals surface area contributed by atoms with Crippen molar-refractivity contribution >= 4 is 17.9 Å². The van der Waals surface area contributed by atoms with Gasteiger partial charge in [-0.3, -0.25) is 9.59 Å². The first kappa shape index (κ1) is 63.2. The van der Waals surface area contributed by atoms with Gasteiger partial charge in [-0.25, -0.2) is 4.79 Å². The molecule has 0 saturated carbocycles. The van der Waals surface area contributed by atoms with Crippen LogP contribution in [-0.4, -0.2) is 80.6 Å². The van der Waals surface area contributed by atoms with Gasteiger partial charge in [-0.2, -0.15) is 0 Å². The highest BCUT2D eigenvalue weighted by atomic mass is 16.6. The molecule has 380 valence electrons. The fraction of sp³-hybridized carbons (Fsp3) is 0.550. The van der Waals surface area contributed by atoms with Crippen molar-refractivity contribution in [1.29, 1.82) is 0 Å². The number of esters is 2. The molecule has 0 rings (SSSR count). The lowest BCUT2D eigenvalue weighted by molar-refractivity contribution is -0.887. The van der Waals surface area contributed by atoms with Gasteiger partial charge in [-0.1, -0.05) is 173 Å². The normalized spacial score (nSPS) is 14.1. The third kappa shape index (κ3) is 46.3. The van der Waals surface area contributed by atoms with Gasteiger partial charge in [0, 0.05) is 19.3 Å². The van der Waals surface area contributed by atoms with Gasteiger partial charge in [0.15, 0.2) is 12.1 Å². The van der Waals surface area contributed by atoms with Gasteiger partial charge in [0.2, 0.25) is 0 Å². The molecule has 2 unspecified atom stereocenters. The number of hydrogen-bond acceptors (Lipinski definition) is 6. The summed E-state index contributed by atoms with van der Waals surface area (Å²) in [5.74, 6) is -1.58. The summed E-state index contributed by atoms with van der Waals surface area (Å²) in [6, 6.07) is -0.638. The minimum absolute atomic E-state index is 0.0249.